The standard InChI is InChI=1S/C35H37FN8O4S/c1-20(37)29(40-38)30(45)28-15-22-9-12-44(27-16-23(36)5-8-25(27)31(22)49-28)34(47)21-3-6-24(7-4-21)39-33(46)26-17-42(2)41-32(26)43-18-35(19-43)10-13-48-14-11-35/h3-8,15-17,40H,9-14,18-19,37-38H2,1-2H3,(H,39,46)/b29-20-. The van der Waals surface area contributed by atoms with E-state index >= 15 is 0 Å². The van der Waals surface area contributed by atoms with Crippen molar-refractivity contribution in [2.24, 2.45) is 24.0 Å². The van der Waals surface area contributed by atoms with Crippen LogP contribution in [0.1, 0.15) is 55.7 Å². The highest BCUT2D eigenvalue weighted by molar-refractivity contribution is 7.17. The lowest BCUT2D eigenvalue weighted by atomic mass is 9.73. The van der Waals surface area contributed by atoms with Crippen LogP contribution in [0.25, 0.3) is 10.4 Å². The number of allylic oxidation sites excluding steroid dienone is 2. The first-order valence-electron chi connectivity index (χ1n) is 16.1. The van der Waals surface area contributed by atoms with Gasteiger partial charge in [-0.3, -0.25) is 24.9 Å². The molecule has 0 bridgehead atoms. The lowest BCUT2D eigenvalue weighted by molar-refractivity contribution is -0.000535. The Morgan fingerprint density at radius 1 is 1.06 bits per heavy atom. The third-order valence-corrected chi connectivity index (χ3v) is 10.7. The number of amides is 2. The van der Waals surface area contributed by atoms with Crippen molar-refractivity contribution in [1.29, 1.82) is 0 Å². The van der Waals surface area contributed by atoms with Gasteiger partial charge < -0.3 is 31.0 Å². The molecule has 0 unspecified atom stereocenters. The first-order valence-corrected chi connectivity index (χ1v) is 16.9. The van der Waals surface area contributed by atoms with Crippen LogP contribution in [0.3, 0.4) is 0 Å². The van der Waals surface area contributed by atoms with Crippen LogP contribution in [0.15, 0.2) is 66.1 Å². The second-order valence-corrected chi connectivity index (χ2v) is 14.0. The zero-order valence-electron chi connectivity index (χ0n) is 27.2. The number of aryl methyl sites for hydroxylation is 1. The van der Waals surface area contributed by atoms with E-state index < -0.39 is 5.82 Å². The Morgan fingerprint density at radius 2 is 1.80 bits per heavy atom. The number of hydrogen-bond acceptors (Lipinski definition) is 10. The largest absolute Gasteiger partial charge is 0.400 e. The second-order valence-electron chi connectivity index (χ2n) is 12.9. The summed E-state index contributed by atoms with van der Waals surface area (Å²) in [7, 11) is 1.80. The number of hydrogen-bond donors (Lipinski definition) is 4. The van der Waals surface area contributed by atoms with Gasteiger partial charge in [0.25, 0.3) is 11.8 Å². The van der Waals surface area contributed by atoms with Crippen LogP contribution in [0, 0.1) is 11.2 Å². The number of nitrogens with one attached hydrogen (secondary N) is 2. The van der Waals surface area contributed by atoms with Crippen molar-refractivity contribution in [3.63, 3.8) is 0 Å². The predicted molar refractivity (Wildman–Crippen MR) is 186 cm³/mol. The number of nitrogens with zero attached hydrogens (tertiary/aromatic N) is 4. The molecule has 0 radical (unpaired) electrons. The SMILES string of the molecule is C/C(N)=C(/NN)C(=O)c1cc2c(s1)-c1ccc(F)cc1N(C(=O)c1ccc(NC(=O)c3cn(C)nc3N3CC4(CCOCC4)C3)cc1)CC2. The molecule has 4 aromatic rings. The zero-order chi connectivity index (χ0) is 34.4. The number of Topliss-reactive ketones (excluding diaryl/α,β-unsaturated/α-hetero) is 1. The number of ether oxygens (including phenoxy) is 1. The number of nitrogens with two attached hydrogens (primary N) is 2. The maximum atomic E-state index is 14.6. The lowest BCUT2D eigenvalue weighted by Gasteiger charge is -2.52. The van der Waals surface area contributed by atoms with Crippen LogP contribution in [-0.2, 0) is 18.2 Å². The number of carbonyl (C=O) groups is 3. The molecule has 254 valence electrons. The van der Waals surface area contributed by atoms with Gasteiger partial charge in [-0.25, -0.2) is 4.39 Å². The van der Waals surface area contributed by atoms with Gasteiger partial charge in [0.05, 0.1) is 10.6 Å². The third kappa shape index (κ3) is 6.07. The normalized spacial score (nSPS) is 17.0. The fourth-order valence-electron chi connectivity index (χ4n) is 6.87. The summed E-state index contributed by atoms with van der Waals surface area (Å²) >= 11 is 1.25. The molecule has 6 N–H and O–H groups in total. The molecule has 7 rings (SSSR count). The Morgan fingerprint density at radius 3 is 2.49 bits per heavy atom. The molecule has 0 atom stereocenters. The van der Waals surface area contributed by atoms with E-state index in [4.69, 9.17) is 16.3 Å². The summed E-state index contributed by atoms with van der Waals surface area (Å²) < 4.78 is 21.8. The van der Waals surface area contributed by atoms with Gasteiger partial charge in [-0.15, -0.1) is 11.3 Å². The highest BCUT2D eigenvalue weighted by Crippen LogP contribution is 2.44. The van der Waals surface area contributed by atoms with Crippen molar-refractivity contribution in [3.8, 4) is 10.4 Å². The van der Waals surface area contributed by atoms with Crippen LogP contribution < -0.4 is 32.1 Å². The molecule has 1 spiro atoms. The first-order chi connectivity index (χ1) is 23.6. The van der Waals surface area contributed by atoms with Crippen LogP contribution >= 0.6 is 11.3 Å². The van der Waals surface area contributed by atoms with Crippen molar-refractivity contribution in [1.82, 2.24) is 15.2 Å². The van der Waals surface area contributed by atoms with Gasteiger partial charge in [-0.05, 0) is 80.3 Å². The average molecular weight is 685 g/mol. The molecule has 3 aliphatic heterocycles. The number of aromatic nitrogens is 2. The summed E-state index contributed by atoms with van der Waals surface area (Å²) in [4.78, 5) is 45.3. The highest BCUT2D eigenvalue weighted by Gasteiger charge is 2.45. The Labute approximate surface area is 286 Å². The smallest absolute Gasteiger partial charge is 0.261 e. The minimum Gasteiger partial charge on any atom is -0.400 e. The van der Waals surface area contributed by atoms with Crippen LogP contribution in [0.5, 0.6) is 0 Å². The van der Waals surface area contributed by atoms with Crippen molar-refractivity contribution in [2.75, 3.05) is 48.0 Å². The number of rotatable bonds is 7. The molecule has 0 saturated carbocycles. The number of ketones is 1. The van der Waals surface area contributed by atoms with E-state index in [2.05, 4.69) is 20.7 Å². The van der Waals surface area contributed by atoms with Gasteiger partial charge in [0.1, 0.15) is 17.1 Å². The summed E-state index contributed by atoms with van der Waals surface area (Å²) in [6, 6.07) is 12.7. The lowest BCUT2D eigenvalue weighted by Crippen LogP contribution is -2.59. The average Bonchev–Trinajstić information content (AvgIpc) is 3.64. The van der Waals surface area contributed by atoms with Gasteiger partial charge >= 0.3 is 0 Å². The van der Waals surface area contributed by atoms with Gasteiger partial charge in [0.15, 0.2) is 5.82 Å². The van der Waals surface area contributed by atoms with Gasteiger partial charge in [-0.1, -0.05) is 0 Å². The van der Waals surface area contributed by atoms with Gasteiger partial charge in [-0.2, -0.15) is 5.10 Å². The van der Waals surface area contributed by atoms with Crippen LogP contribution in [0.4, 0.5) is 21.6 Å². The minimum absolute atomic E-state index is 0.104. The molecule has 49 heavy (non-hydrogen) atoms. The molecule has 5 heterocycles. The summed E-state index contributed by atoms with van der Waals surface area (Å²) in [6.45, 7) is 5.07. The summed E-state index contributed by atoms with van der Waals surface area (Å²) in [6.07, 6.45) is 4.18. The van der Waals surface area contributed by atoms with E-state index in [-0.39, 0.29) is 41.0 Å². The molecule has 2 fully saturated rings. The van der Waals surface area contributed by atoms with Crippen molar-refractivity contribution < 1.29 is 23.5 Å². The summed E-state index contributed by atoms with van der Waals surface area (Å²) in [5.74, 6) is 4.77. The van der Waals surface area contributed by atoms with Gasteiger partial charge in [0, 0.05) is 78.9 Å². The molecule has 2 aromatic carbocycles. The number of hydrazine groups is 1. The molecule has 2 amide bonds. The first kappa shape index (κ1) is 32.5. The highest BCUT2D eigenvalue weighted by atomic mass is 32.1. The number of fused-ring (bicyclic) bond motifs is 3. The molecule has 12 nitrogen and oxygen atoms in total. The van der Waals surface area contributed by atoms with Gasteiger partial charge in [0.2, 0.25) is 5.78 Å². The number of carbonyl (C=O) groups excluding carboxylic acids is 3. The monoisotopic (exact) mass is 684 g/mol. The Hall–Kier alpha value is -5.05. The van der Waals surface area contributed by atoms with Crippen molar-refractivity contribution >= 4 is 46.1 Å². The summed E-state index contributed by atoms with van der Waals surface area (Å²) in [5.41, 5.74) is 12.1. The fourth-order valence-corrected chi connectivity index (χ4v) is 8.06. The molecular formula is C35H37FN8O4S. The predicted octanol–water partition coefficient (Wildman–Crippen LogP) is 4.20. The van der Waals surface area contributed by atoms with Crippen molar-refractivity contribution in [2.45, 2.75) is 26.2 Å². The molecule has 2 saturated heterocycles. The minimum atomic E-state index is -0.488. The van der Waals surface area contributed by atoms with E-state index in [1.807, 2.05) is 0 Å². The molecule has 3 aliphatic rings. The Kier molecular flexibility index (Phi) is 8.47. The maximum Gasteiger partial charge on any atom is 0.261 e. The number of halogens is 1. The van der Waals surface area contributed by atoms with E-state index in [1.165, 1.54) is 23.5 Å². The second kappa shape index (κ2) is 12.8. The topological polar surface area (TPSA) is 161 Å². The van der Waals surface area contributed by atoms with E-state index in [1.54, 1.807) is 66.1 Å². The fraction of sp³-hybridized carbons (Fsp3) is 0.314. The maximum absolute atomic E-state index is 14.6. The van der Waals surface area contributed by atoms with Crippen LogP contribution in [-0.4, -0.2) is 60.2 Å². The third-order valence-electron chi connectivity index (χ3n) is 9.49. The summed E-state index contributed by atoms with van der Waals surface area (Å²) in [5, 5.41) is 7.52. The van der Waals surface area contributed by atoms with E-state index in [0.717, 1.165) is 49.6 Å². The van der Waals surface area contributed by atoms with E-state index in [9.17, 15) is 18.8 Å². The Bertz CT molecular complexity index is 1980. The zero-order valence-corrected chi connectivity index (χ0v) is 28.0. The number of benzene rings is 2. The van der Waals surface area contributed by atoms with Crippen molar-refractivity contribution in [3.05, 3.63) is 93.5 Å². The number of thiophene rings is 1. The molecule has 0 aliphatic carbocycles. The molecule has 14 heteroatoms. The quantitative estimate of drug-likeness (QED) is 0.0969. The van der Waals surface area contributed by atoms with E-state index in [0.29, 0.717) is 45.2 Å². The molecular weight excluding hydrogens is 648 g/mol. The van der Waals surface area contributed by atoms with Crippen LogP contribution in [0.2, 0.25) is 0 Å². The Balaban J connectivity index is 1.08. The number of anilines is 3. The molecule has 2 aromatic heterocycles.